The molecule has 0 aliphatic heterocycles. The third-order valence-corrected chi connectivity index (χ3v) is 13.5. The zero-order chi connectivity index (χ0) is 28.8. The van der Waals surface area contributed by atoms with Crippen LogP contribution in [0.1, 0.15) is 22.3 Å². The van der Waals surface area contributed by atoms with Gasteiger partial charge >= 0.3 is 153 Å². The Kier molecular flexibility index (Phi) is 10.2. The summed E-state index contributed by atoms with van der Waals surface area (Å²) < 4.78 is 1.50. The van der Waals surface area contributed by atoms with Crippen molar-refractivity contribution in [3.05, 3.63) is 150 Å². The minimum atomic E-state index is -1.19. The van der Waals surface area contributed by atoms with Crippen LogP contribution >= 0.6 is 0 Å². The summed E-state index contributed by atoms with van der Waals surface area (Å²) in [6.07, 6.45) is 1.05. The third kappa shape index (κ3) is 7.99. The second-order valence-corrected chi connectivity index (χ2v) is 24.3. The van der Waals surface area contributed by atoms with E-state index in [0.29, 0.717) is 0 Å². The standard InChI is InChI=1S/C19H26Si2.C13H9.C5H5.Hf/c1-20(2,3)18-11-7-16(8-12-18)15-17-9-13-19(14-10-17)21(4,5)6;1-3-7-12-10(5-1)9-11-6-2-4-8-13(11)12;1-2-4-5-3-1;/h7-14H,1-6H3;1-5,7-8H,9H2;1-5H;/q;2*-1;+2. The van der Waals surface area contributed by atoms with Gasteiger partial charge in [-0.25, -0.2) is 12.1 Å². The van der Waals surface area contributed by atoms with Crippen LogP contribution in [0.3, 0.4) is 0 Å². The molecule has 200 valence electrons. The average Bonchev–Trinajstić information content (AvgIpc) is 3.64. The van der Waals surface area contributed by atoms with Crippen LogP contribution in [0.25, 0.3) is 11.1 Å². The van der Waals surface area contributed by atoms with E-state index in [1.54, 1.807) is 10.4 Å². The minimum Gasteiger partial charge on any atom is -0.214 e. The predicted octanol–water partition coefficient (Wildman–Crippen LogP) is 8.36. The molecule has 0 radical (unpaired) electrons. The van der Waals surface area contributed by atoms with E-state index in [1.165, 1.54) is 36.6 Å². The van der Waals surface area contributed by atoms with Gasteiger partial charge in [-0.05, 0) is 6.42 Å². The molecule has 6 rings (SSSR count). The number of hydrogen-bond donors (Lipinski definition) is 0. The smallest absolute Gasteiger partial charge is 0.0253 e. The molecular weight excluding hydrogens is 679 g/mol. The predicted molar refractivity (Wildman–Crippen MR) is 178 cm³/mol. The molecule has 0 N–H and O–H groups in total. The van der Waals surface area contributed by atoms with E-state index in [9.17, 15) is 0 Å². The Bertz CT molecular complexity index is 1400. The molecule has 0 spiro atoms. The van der Waals surface area contributed by atoms with Crippen LogP contribution in [-0.2, 0) is 30.3 Å². The fourth-order valence-corrected chi connectivity index (χ4v) is 8.29. The van der Waals surface area contributed by atoms with Gasteiger partial charge < -0.3 is 0 Å². The van der Waals surface area contributed by atoms with Crippen LogP contribution in [-0.4, -0.2) is 19.4 Å². The molecule has 5 aromatic rings. The summed E-state index contributed by atoms with van der Waals surface area (Å²) >= 11 is 1.08. The van der Waals surface area contributed by atoms with E-state index in [0.717, 1.165) is 30.3 Å². The van der Waals surface area contributed by atoms with Crippen molar-refractivity contribution in [2.45, 2.75) is 45.7 Å². The number of benzene rings is 4. The molecule has 0 unspecified atom stereocenters. The molecular formula is C37H40HfSi2. The van der Waals surface area contributed by atoms with Gasteiger partial charge in [0.2, 0.25) is 0 Å². The first kappa shape index (κ1) is 30.4. The van der Waals surface area contributed by atoms with Gasteiger partial charge in [-0.2, -0.15) is 48.0 Å². The Balaban J connectivity index is 0.000000170. The summed E-state index contributed by atoms with van der Waals surface area (Å²) in [6.45, 7) is 14.4. The summed E-state index contributed by atoms with van der Waals surface area (Å²) in [6, 6.07) is 46.8. The molecule has 0 atom stereocenters. The summed E-state index contributed by atoms with van der Waals surface area (Å²) in [5.74, 6) is 0. The molecule has 0 fully saturated rings. The van der Waals surface area contributed by atoms with Crippen molar-refractivity contribution in [1.29, 1.82) is 0 Å². The van der Waals surface area contributed by atoms with Gasteiger partial charge in [-0.3, -0.25) is 0 Å². The topological polar surface area (TPSA) is 0 Å². The molecule has 1 aliphatic carbocycles. The minimum absolute atomic E-state index is 1.05. The van der Waals surface area contributed by atoms with Gasteiger partial charge in [0.05, 0.1) is 0 Å². The molecule has 1 aliphatic rings. The van der Waals surface area contributed by atoms with Crippen LogP contribution in [0.15, 0.2) is 121 Å². The molecule has 5 aromatic carbocycles. The summed E-state index contributed by atoms with van der Waals surface area (Å²) in [4.78, 5) is 0. The Morgan fingerprint density at radius 3 is 1.60 bits per heavy atom. The molecule has 0 aromatic heterocycles. The van der Waals surface area contributed by atoms with E-state index in [4.69, 9.17) is 0 Å². The molecule has 0 saturated heterocycles. The van der Waals surface area contributed by atoms with Crippen molar-refractivity contribution < 1.29 is 23.9 Å². The summed E-state index contributed by atoms with van der Waals surface area (Å²) in [5.41, 5.74) is 8.31. The number of rotatable bonds is 4. The second kappa shape index (κ2) is 13.4. The quantitative estimate of drug-likeness (QED) is 0.127. The van der Waals surface area contributed by atoms with Crippen LogP contribution in [0, 0.1) is 6.07 Å². The zero-order valence-corrected chi connectivity index (χ0v) is 30.3. The summed E-state index contributed by atoms with van der Waals surface area (Å²) in [7, 11) is -2.38. The van der Waals surface area contributed by atoms with Crippen molar-refractivity contribution >= 4 is 29.8 Å². The SMILES string of the molecule is C[Si](C)(C)c1ccc([C](=[Hf+2])c2ccc([Si](C)(C)C)cc2)cc1.[c-]1cccc2c1Cc1ccccc1-2.c1cc[cH-]c1. The molecule has 40 heavy (non-hydrogen) atoms. The molecule has 0 saturated carbocycles. The van der Waals surface area contributed by atoms with Crippen molar-refractivity contribution in [2.24, 2.45) is 0 Å². The first-order chi connectivity index (χ1) is 19.0. The van der Waals surface area contributed by atoms with Crippen molar-refractivity contribution in [2.75, 3.05) is 0 Å². The van der Waals surface area contributed by atoms with E-state index in [-0.39, 0.29) is 0 Å². The van der Waals surface area contributed by atoms with Gasteiger partial charge in [0.1, 0.15) is 0 Å². The van der Waals surface area contributed by atoms with Gasteiger partial charge in [0.25, 0.3) is 0 Å². The molecule has 3 heteroatoms. The van der Waals surface area contributed by atoms with E-state index < -0.39 is 16.1 Å². The fourth-order valence-electron chi connectivity index (χ4n) is 4.76. The normalized spacial score (nSPS) is 11.8. The molecule has 0 heterocycles. The summed E-state index contributed by atoms with van der Waals surface area (Å²) in [5, 5.41) is 3.08. The van der Waals surface area contributed by atoms with E-state index in [2.05, 4.69) is 130 Å². The third-order valence-electron chi connectivity index (χ3n) is 7.25. The number of hydrogen-bond acceptors (Lipinski definition) is 0. The van der Waals surface area contributed by atoms with Gasteiger partial charge in [-0.15, -0.1) is 5.56 Å². The van der Waals surface area contributed by atoms with Gasteiger partial charge in [0.15, 0.2) is 0 Å². The van der Waals surface area contributed by atoms with Crippen LogP contribution in [0.2, 0.25) is 39.3 Å². The van der Waals surface area contributed by atoms with Gasteiger partial charge in [-0.1, -0.05) is 35.4 Å². The molecule has 0 nitrogen and oxygen atoms in total. The Morgan fingerprint density at radius 1 is 0.625 bits per heavy atom. The number of fused-ring (bicyclic) bond motifs is 3. The average molecular weight is 719 g/mol. The second-order valence-electron chi connectivity index (χ2n) is 12.4. The van der Waals surface area contributed by atoms with E-state index >= 15 is 0 Å². The fraction of sp³-hybridized carbons (Fsp3) is 0.189. The molecule has 0 amide bonds. The Labute approximate surface area is 258 Å². The first-order valence-corrected chi connectivity index (χ1v) is 22.9. The maximum absolute atomic E-state index is 3.30. The van der Waals surface area contributed by atoms with E-state index in [1.807, 2.05) is 36.4 Å². The maximum atomic E-state index is 3.30. The Hall–Kier alpha value is -2.60. The maximum Gasteiger partial charge on any atom is -0.0253 e. The Morgan fingerprint density at radius 2 is 1.12 bits per heavy atom. The first-order valence-electron chi connectivity index (χ1n) is 14.1. The van der Waals surface area contributed by atoms with Crippen LogP contribution in [0.4, 0.5) is 0 Å². The van der Waals surface area contributed by atoms with Crippen LogP contribution in [0.5, 0.6) is 0 Å². The van der Waals surface area contributed by atoms with Crippen molar-refractivity contribution in [3.8, 4) is 11.1 Å². The van der Waals surface area contributed by atoms with Crippen molar-refractivity contribution in [3.63, 3.8) is 0 Å². The molecule has 0 bridgehead atoms. The van der Waals surface area contributed by atoms with Crippen LogP contribution < -0.4 is 10.4 Å². The van der Waals surface area contributed by atoms with Gasteiger partial charge in [0, 0.05) is 0 Å². The zero-order valence-electron chi connectivity index (χ0n) is 24.8. The largest absolute Gasteiger partial charge is 0.214 e. The monoisotopic (exact) mass is 720 g/mol. The van der Waals surface area contributed by atoms with Crippen molar-refractivity contribution in [1.82, 2.24) is 0 Å².